The summed E-state index contributed by atoms with van der Waals surface area (Å²) < 4.78 is 20.2. The summed E-state index contributed by atoms with van der Waals surface area (Å²) in [7, 11) is 0. The van der Waals surface area contributed by atoms with Gasteiger partial charge in [-0.25, -0.2) is 4.39 Å². The monoisotopic (exact) mass is 448 g/mol. The van der Waals surface area contributed by atoms with Crippen LogP contribution in [-0.2, 0) is 22.6 Å². The third kappa shape index (κ3) is 7.17. The van der Waals surface area contributed by atoms with Gasteiger partial charge in [0.1, 0.15) is 17.6 Å². The number of hydrogen-bond donors (Lipinski definition) is 1. The van der Waals surface area contributed by atoms with Crippen LogP contribution in [0.15, 0.2) is 84.9 Å². The molecule has 2 amide bonds. The Morgan fingerprint density at radius 2 is 1.52 bits per heavy atom. The molecule has 0 aromatic heterocycles. The van der Waals surface area contributed by atoms with E-state index in [-0.39, 0.29) is 25.1 Å². The average Bonchev–Trinajstić information content (AvgIpc) is 2.81. The molecule has 0 radical (unpaired) electrons. The fraction of sp³-hybridized carbons (Fsp3) is 0.259. The molecule has 0 heterocycles. The molecule has 0 aliphatic rings. The van der Waals surface area contributed by atoms with Crippen LogP contribution in [0.3, 0.4) is 0 Å². The van der Waals surface area contributed by atoms with Crippen LogP contribution in [0.4, 0.5) is 4.39 Å². The Morgan fingerprint density at radius 3 is 2.15 bits per heavy atom. The second kappa shape index (κ2) is 11.8. The first kappa shape index (κ1) is 24.0. The molecule has 172 valence electrons. The Morgan fingerprint density at radius 1 is 0.909 bits per heavy atom. The molecule has 6 heteroatoms. The van der Waals surface area contributed by atoms with Crippen molar-refractivity contribution >= 4 is 11.8 Å². The highest BCUT2D eigenvalue weighted by molar-refractivity contribution is 5.88. The first-order valence-corrected chi connectivity index (χ1v) is 11.0. The van der Waals surface area contributed by atoms with Gasteiger partial charge in [0, 0.05) is 24.6 Å². The van der Waals surface area contributed by atoms with Crippen LogP contribution in [-0.4, -0.2) is 35.4 Å². The molecule has 3 aromatic rings. The van der Waals surface area contributed by atoms with E-state index >= 15 is 0 Å². The van der Waals surface area contributed by atoms with Crippen LogP contribution >= 0.6 is 0 Å². The van der Waals surface area contributed by atoms with Crippen molar-refractivity contribution in [3.8, 4) is 5.75 Å². The molecule has 0 fully saturated rings. The van der Waals surface area contributed by atoms with Crippen LogP contribution in [0, 0.1) is 5.82 Å². The lowest BCUT2D eigenvalue weighted by molar-refractivity contribution is -0.143. The standard InChI is InChI=1S/C27H29FN2O3/c1-20(2)29-27(32)25(17-21-11-5-3-6-12-21)30(18-22-13-9-10-16-24(22)28)26(31)19-33-23-14-7-4-8-15-23/h3-16,20,25H,17-19H2,1-2H3,(H,29,32)/t25-/m1/s1. The number of ether oxygens (including phenoxy) is 1. The zero-order valence-electron chi connectivity index (χ0n) is 18.9. The molecule has 1 atom stereocenters. The smallest absolute Gasteiger partial charge is 0.261 e. The van der Waals surface area contributed by atoms with E-state index in [4.69, 9.17) is 4.74 Å². The third-order valence-corrected chi connectivity index (χ3v) is 5.11. The van der Waals surface area contributed by atoms with E-state index in [2.05, 4.69) is 5.32 Å². The number of benzene rings is 3. The molecule has 33 heavy (non-hydrogen) atoms. The maximum atomic E-state index is 14.5. The summed E-state index contributed by atoms with van der Waals surface area (Å²) in [4.78, 5) is 28.0. The largest absolute Gasteiger partial charge is 0.484 e. The summed E-state index contributed by atoms with van der Waals surface area (Å²) in [6.45, 7) is 3.41. The number of rotatable bonds is 10. The molecule has 3 rings (SSSR count). The van der Waals surface area contributed by atoms with Crippen molar-refractivity contribution in [2.75, 3.05) is 6.61 Å². The molecule has 0 bridgehead atoms. The van der Waals surface area contributed by atoms with Gasteiger partial charge in [0.2, 0.25) is 5.91 Å². The number of nitrogens with zero attached hydrogens (tertiary/aromatic N) is 1. The van der Waals surface area contributed by atoms with E-state index in [1.165, 1.54) is 11.0 Å². The fourth-order valence-electron chi connectivity index (χ4n) is 3.49. The lowest BCUT2D eigenvalue weighted by Gasteiger charge is -2.32. The molecule has 0 spiro atoms. The Bertz CT molecular complexity index is 1040. The van der Waals surface area contributed by atoms with Crippen LogP contribution < -0.4 is 10.1 Å². The topological polar surface area (TPSA) is 58.6 Å². The van der Waals surface area contributed by atoms with Gasteiger partial charge < -0.3 is 15.0 Å². The van der Waals surface area contributed by atoms with Gasteiger partial charge in [-0.3, -0.25) is 9.59 Å². The Labute approximate surface area is 194 Å². The Kier molecular flexibility index (Phi) is 8.58. The summed E-state index contributed by atoms with van der Waals surface area (Å²) in [5.41, 5.74) is 1.23. The first-order valence-electron chi connectivity index (χ1n) is 11.0. The zero-order chi connectivity index (χ0) is 23.6. The Balaban J connectivity index is 1.91. The minimum Gasteiger partial charge on any atom is -0.484 e. The fourth-order valence-corrected chi connectivity index (χ4v) is 3.49. The second-order valence-electron chi connectivity index (χ2n) is 8.08. The number of carbonyl (C=O) groups is 2. The molecule has 5 nitrogen and oxygen atoms in total. The molecule has 0 saturated carbocycles. The van der Waals surface area contributed by atoms with Crippen molar-refractivity contribution < 1.29 is 18.7 Å². The normalized spacial score (nSPS) is 11.6. The number of para-hydroxylation sites is 1. The predicted octanol–water partition coefficient (Wildman–Crippen LogP) is 4.37. The SMILES string of the molecule is CC(C)NC(=O)[C@@H](Cc1ccccc1)N(Cc1ccccc1F)C(=O)COc1ccccc1. The number of carbonyl (C=O) groups excluding carboxylic acids is 2. The lowest BCUT2D eigenvalue weighted by atomic mass is 10.0. The van der Waals surface area contributed by atoms with E-state index in [0.717, 1.165) is 5.56 Å². The van der Waals surface area contributed by atoms with E-state index in [9.17, 15) is 14.0 Å². The number of halogens is 1. The lowest BCUT2D eigenvalue weighted by Crippen LogP contribution is -2.53. The first-order chi connectivity index (χ1) is 15.9. The van der Waals surface area contributed by atoms with Gasteiger partial charge in [0.05, 0.1) is 0 Å². The van der Waals surface area contributed by atoms with Crippen molar-refractivity contribution in [2.24, 2.45) is 0 Å². The molecule has 0 saturated heterocycles. The molecule has 0 aliphatic heterocycles. The maximum absolute atomic E-state index is 14.5. The number of amides is 2. The highest BCUT2D eigenvalue weighted by Gasteiger charge is 2.31. The van der Waals surface area contributed by atoms with Crippen LogP contribution in [0.2, 0.25) is 0 Å². The summed E-state index contributed by atoms with van der Waals surface area (Å²) in [5.74, 6) is -0.579. The molecule has 0 aliphatic carbocycles. The molecular weight excluding hydrogens is 419 g/mol. The van der Waals surface area contributed by atoms with Gasteiger partial charge in [0.15, 0.2) is 6.61 Å². The van der Waals surface area contributed by atoms with E-state index < -0.39 is 17.8 Å². The molecule has 3 aromatic carbocycles. The van der Waals surface area contributed by atoms with Crippen molar-refractivity contribution in [1.29, 1.82) is 0 Å². The zero-order valence-corrected chi connectivity index (χ0v) is 18.9. The summed E-state index contributed by atoms with van der Waals surface area (Å²) in [6, 6.07) is 23.8. The van der Waals surface area contributed by atoms with Gasteiger partial charge in [-0.1, -0.05) is 66.7 Å². The van der Waals surface area contributed by atoms with Crippen molar-refractivity contribution in [3.63, 3.8) is 0 Å². The Hall–Kier alpha value is -3.67. The summed E-state index contributed by atoms with van der Waals surface area (Å²) in [5, 5.41) is 2.91. The van der Waals surface area contributed by atoms with Crippen molar-refractivity contribution in [1.82, 2.24) is 10.2 Å². The third-order valence-electron chi connectivity index (χ3n) is 5.11. The van der Waals surface area contributed by atoms with E-state index in [1.807, 2.05) is 62.4 Å². The van der Waals surface area contributed by atoms with Crippen LogP contribution in [0.1, 0.15) is 25.0 Å². The highest BCUT2D eigenvalue weighted by Crippen LogP contribution is 2.18. The second-order valence-corrected chi connectivity index (χ2v) is 8.08. The number of nitrogens with one attached hydrogen (secondary N) is 1. The minimum absolute atomic E-state index is 0.0489. The molecule has 1 N–H and O–H groups in total. The van der Waals surface area contributed by atoms with Gasteiger partial charge in [-0.05, 0) is 37.6 Å². The van der Waals surface area contributed by atoms with Gasteiger partial charge in [0.25, 0.3) is 5.91 Å². The minimum atomic E-state index is -0.832. The van der Waals surface area contributed by atoms with E-state index in [0.29, 0.717) is 17.7 Å². The van der Waals surface area contributed by atoms with Crippen molar-refractivity contribution in [2.45, 2.75) is 38.9 Å². The van der Waals surface area contributed by atoms with E-state index in [1.54, 1.807) is 30.3 Å². The molecule has 0 unspecified atom stereocenters. The summed E-state index contributed by atoms with van der Waals surface area (Å²) >= 11 is 0. The van der Waals surface area contributed by atoms with Gasteiger partial charge >= 0.3 is 0 Å². The van der Waals surface area contributed by atoms with Gasteiger partial charge in [-0.15, -0.1) is 0 Å². The van der Waals surface area contributed by atoms with Crippen molar-refractivity contribution in [3.05, 3.63) is 102 Å². The summed E-state index contributed by atoms with van der Waals surface area (Å²) in [6.07, 6.45) is 0.297. The quantitative estimate of drug-likeness (QED) is 0.501. The van der Waals surface area contributed by atoms with Crippen LogP contribution in [0.25, 0.3) is 0 Å². The maximum Gasteiger partial charge on any atom is 0.261 e. The molecular formula is C27H29FN2O3. The predicted molar refractivity (Wildman–Crippen MR) is 126 cm³/mol. The average molecular weight is 449 g/mol. The number of hydrogen-bond acceptors (Lipinski definition) is 3. The van der Waals surface area contributed by atoms with Gasteiger partial charge in [-0.2, -0.15) is 0 Å². The highest BCUT2D eigenvalue weighted by atomic mass is 19.1. The van der Waals surface area contributed by atoms with Crippen LogP contribution in [0.5, 0.6) is 5.75 Å².